The van der Waals surface area contributed by atoms with Crippen molar-refractivity contribution in [3.05, 3.63) is 65.2 Å². The zero-order chi connectivity index (χ0) is 12.3. The van der Waals surface area contributed by atoms with Crippen molar-refractivity contribution >= 4 is 17.4 Å². The van der Waals surface area contributed by atoms with Crippen LogP contribution in [0.5, 0.6) is 5.75 Å². The lowest BCUT2D eigenvalue weighted by molar-refractivity contribution is 0.103. The summed E-state index contributed by atoms with van der Waals surface area (Å²) in [6, 6.07) is 13.4. The molecule has 0 saturated heterocycles. The molecule has 0 saturated carbocycles. The first-order chi connectivity index (χ1) is 8.20. The Morgan fingerprint density at radius 1 is 0.941 bits per heavy atom. The highest BCUT2D eigenvalue weighted by molar-refractivity contribution is 6.17. The summed E-state index contributed by atoms with van der Waals surface area (Å²) in [5.41, 5.74) is 2.15. The van der Waals surface area contributed by atoms with Gasteiger partial charge in [0.2, 0.25) is 0 Å². The number of halogens is 1. The number of aromatic hydroxyl groups is 1. The van der Waals surface area contributed by atoms with Crippen LogP contribution in [0.15, 0.2) is 48.5 Å². The third-order valence-corrected chi connectivity index (χ3v) is 2.81. The third-order valence-electron chi connectivity index (χ3n) is 2.50. The molecule has 0 radical (unpaired) electrons. The van der Waals surface area contributed by atoms with Crippen molar-refractivity contribution in [3.63, 3.8) is 0 Å². The van der Waals surface area contributed by atoms with Crippen LogP contribution in [0.1, 0.15) is 21.5 Å². The Labute approximate surface area is 104 Å². The predicted octanol–water partition coefficient (Wildman–Crippen LogP) is 3.36. The standard InChI is InChI=1S/C14H11ClO2/c15-9-10-1-3-11(4-2-10)14(17)12-5-7-13(16)8-6-12/h1-8,16H,9H2. The van der Waals surface area contributed by atoms with Crippen LogP contribution < -0.4 is 0 Å². The Balaban J connectivity index is 2.27. The second-order valence-corrected chi connectivity index (χ2v) is 3.97. The number of hydrogen-bond donors (Lipinski definition) is 1. The molecule has 2 aromatic carbocycles. The Bertz CT molecular complexity index is 515. The van der Waals surface area contributed by atoms with Gasteiger partial charge in [-0.1, -0.05) is 24.3 Å². The summed E-state index contributed by atoms with van der Waals surface area (Å²) in [5.74, 6) is 0.526. The van der Waals surface area contributed by atoms with E-state index in [9.17, 15) is 4.79 Å². The predicted molar refractivity (Wildman–Crippen MR) is 67.5 cm³/mol. The smallest absolute Gasteiger partial charge is 0.193 e. The van der Waals surface area contributed by atoms with Gasteiger partial charge in [0.1, 0.15) is 5.75 Å². The Kier molecular flexibility index (Phi) is 3.45. The second kappa shape index (κ2) is 5.02. The molecule has 1 N–H and O–H groups in total. The number of ketones is 1. The molecule has 0 aromatic heterocycles. The van der Waals surface area contributed by atoms with E-state index < -0.39 is 0 Å². The van der Waals surface area contributed by atoms with Crippen LogP contribution in [0.4, 0.5) is 0 Å². The first kappa shape index (κ1) is 11.7. The monoisotopic (exact) mass is 246 g/mol. The number of carbonyl (C=O) groups excluding carboxylic acids is 1. The molecule has 2 rings (SSSR count). The summed E-state index contributed by atoms with van der Waals surface area (Å²) in [6.45, 7) is 0. The molecule has 0 aliphatic carbocycles. The summed E-state index contributed by atoms with van der Waals surface area (Å²) in [6.07, 6.45) is 0. The maximum absolute atomic E-state index is 12.0. The molecule has 0 spiro atoms. The van der Waals surface area contributed by atoms with E-state index in [-0.39, 0.29) is 11.5 Å². The van der Waals surface area contributed by atoms with Crippen LogP contribution in [0, 0.1) is 0 Å². The molecule has 2 aromatic rings. The number of alkyl halides is 1. The maximum Gasteiger partial charge on any atom is 0.193 e. The van der Waals surface area contributed by atoms with Crippen molar-refractivity contribution < 1.29 is 9.90 Å². The molecule has 0 fully saturated rings. The summed E-state index contributed by atoms with van der Waals surface area (Å²) < 4.78 is 0. The number of phenolic OH excluding ortho intramolecular Hbond substituents is 1. The average Bonchev–Trinajstić information content (AvgIpc) is 2.39. The largest absolute Gasteiger partial charge is 0.508 e. The minimum absolute atomic E-state index is 0.0638. The number of hydrogen-bond acceptors (Lipinski definition) is 2. The molecule has 3 heteroatoms. The van der Waals surface area contributed by atoms with Crippen molar-refractivity contribution in [3.8, 4) is 5.75 Å². The quantitative estimate of drug-likeness (QED) is 0.666. The normalized spacial score (nSPS) is 10.2. The summed E-state index contributed by atoms with van der Waals surface area (Å²) in [5, 5.41) is 9.15. The highest BCUT2D eigenvalue weighted by atomic mass is 35.5. The van der Waals surface area contributed by atoms with E-state index in [1.807, 2.05) is 12.1 Å². The summed E-state index contributed by atoms with van der Waals surface area (Å²) in [7, 11) is 0. The minimum atomic E-state index is -0.0638. The topological polar surface area (TPSA) is 37.3 Å². The Morgan fingerprint density at radius 2 is 1.41 bits per heavy atom. The van der Waals surface area contributed by atoms with Gasteiger partial charge in [0.05, 0.1) is 0 Å². The Hall–Kier alpha value is -1.80. The maximum atomic E-state index is 12.0. The number of benzene rings is 2. The zero-order valence-corrected chi connectivity index (χ0v) is 9.82. The molecule has 86 valence electrons. The third kappa shape index (κ3) is 2.66. The summed E-state index contributed by atoms with van der Waals surface area (Å²) >= 11 is 5.68. The first-order valence-electron chi connectivity index (χ1n) is 5.19. The van der Waals surface area contributed by atoms with Gasteiger partial charge in [0.25, 0.3) is 0 Å². The van der Waals surface area contributed by atoms with Gasteiger partial charge in [-0.15, -0.1) is 11.6 Å². The molecule has 0 amide bonds. The van der Waals surface area contributed by atoms with Gasteiger partial charge >= 0.3 is 0 Å². The van der Waals surface area contributed by atoms with Crippen LogP contribution in [-0.2, 0) is 5.88 Å². The molecule has 0 aliphatic rings. The fraction of sp³-hybridized carbons (Fsp3) is 0.0714. The molecular formula is C14H11ClO2. The molecule has 0 unspecified atom stereocenters. The number of phenols is 1. The van der Waals surface area contributed by atoms with Gasteiger partial charge in [-0.3, -0.25) is 4.79 Å². The number of rotatable bonds is 3. The van der Waals surface area contributed by atoms with Gasteiger partial charge in [0.15, 0.2) is 5.78 Å². The molecule has 17 heavy (non-hydrogen) atoms. The van der Waals surface area contributed by atoms with E-state index in [0.29, 0.717) is 17.0 Å². The summed E-state index contributed by atoms with van der Waals surface area (Å²) in [4.78, 5) is 12.0. The van der Waals surface area contributed by atoms with Crippen molar-refractivity contribution in [1.82, 2.24) is 0 Å². The molecule has 2 nitrogen and oxygen atoms in total. The molecule has 0 atom stereocenters. The lowest BCUT2D eigenvalue weighted by Gasteiger charge is -2.02. The SMILES string of the molecule is O=C(c1ccc(O)cc1)c1ccc(CCl)cc1. The van der Waals surface area contributed by atoms with Crippen LogP contribution >= 0.6 is 11.6 Å². The van der Waals surface area contributed by atoms with Crippen LogP contribution in [-0.4, -0.2) is 10.9 Å². The minimum Gasteiger partial charge on any atom is -0.508 e. The van der Waals surface area contributed by atoms with E-state index in [4.69, 9.17) is 16.7 Å². The fourth-order valence-electron chi connectivity index (χ4n) is 1.52. The van der Waals surface area contributed by atoms with Crippen LogP contribution in [0.2, 0.25) is 0 Å². The van der Waals surface area contributed by atoms with Crippen molar-refractivity contribution in [2.75, 3.05) is 0 Å². The van der Waals surface area contributed by atoms with E-state index in [1.54, 1.807) is 24.3 Å². The Morgan fingerprint density at radius 3 is 1.88 bits per heavy atom. The lowest BCUT2D eigenvalue weighted by atomic mass is 10.0. The molecule has 0 heterocycles. The van der Waals surface area contributed by atoms with Gasteiger partial charge in [-0.05, 0) is 29.8 Å². The lowest BCUT2D eigenvalue weighted by Crippen LogP contribution is -2.00. The van der Waals surface area contributed by atoms with E-state index in [1.165, 1.54) is 12.1 Å². The van der Waals surface area contributed by atoms with Crippen molar-refractivity contribution in [2.45, 2.75) is 5.88 Å². The first-order valence-corrected chi connectivity index (χ1v) is 5.73. The van der Waals surface area contributed by atoms with Crippen molar-refractivity contribution in [1.29, 1.82) is 0 Å². The highest BCUT2D eigenvalue weighted by Crippen LogP contribution is 2.15. The van der Waals surface area contributed by atoms with Crippen LogP contribution in [0.3, 0.4) is 0 Å². The molecular weight excluding hydrogens is 236 g/mol. The van der Waals surface area contributed by atoms with Crippen molar-refractivity contribution in [2.24, 2.45) is 0 Å². The fourth-order valence-corrected chi connectivity index (χ4v) is 1.70. The van der Waals surface area contributed by atoms with Gasteiger partial charge in [-0.25, -0.2) is 0 Å². The highest BCUT2D eigenvalue weighted by Gasteiger charge is 2.08. The van der Waals surface area contributed by atoms with Gasteiger partial charge < -0.3 is 5.11 Å². The zero-order valence-electron chi connectivity index (χ0n) is 9.06. The average molecular weight is 247 g/mol. The second-order valence-electron chi connectivity index (χ2n) is 3.71. The van der Waals surface area contributed by atoms with Gasteiger partial charge in [0, 0.05) is 17.0 Å². The van der Waals surface area contributed by atoms with Crippen LogP contribution in [0.25, 0.3) is 0 Å². The van der Waals surface area contributed by atoms with E-state index >= 15 is 0 Å². The van der Waals surface area contributed by atoms with Gasteiger partial charge in [-0.2, -0.15) is 0 Å². The molecule has 0 aliphatic heterocycles. The molecule has 0 bridgehead atoms. The number of carbonyl (C=O) groups is 1. The van der Waals surface area contributed by atoms with E-state index in [0.717, 1.165) is 5.56 Å². The van der Waals surface area contributed by atoms with E-state index in [2.05, 4.69) is 0 Å².